The third-order valence-electron chi connectivity index (χ3n) is 8.83. The first-order valence-corrected chi connectivity index (χ1v) is 11.1. The van der Waals surface area contributed by atoms with Gasteiger partial charge in [0, 0.05) is 23.3 Å². The lowest BCUT2D eigenvalue weighted by atomic mass is 9.40. The molecule has 7 rings (SSSR count). The maximum atomic E-state index is 2.63. The fourth-order valence-corrected chi connectivity index (χ4v) is 8.17. The maximum Gasteiger partial charge on any atom is 0.0449 e. The summed E-state index contributed by atoms with van der Waals surface area (Å²) >= 11 is 0. The third-order valence-corrected chi connectivity index (χ3v) is 8.83. The second kappa shape index (κ2) is 5.63. The lowest BCUT2D eigenvalue weighted by Crippen LogP contribution is -2.62. The molecule has 1 heterocycles. The van der Waals surface area contributed by atoms with E-state index in [2.05, 4.69) is 67.3 Å². The highest BCUT2D eigenvalue weighted by molar-refractivity contribution is 5.72. The van der Waals surface area contributed by atoms with Gasteiger partial charge >= 0.3 is 0 Å². The van der Waals surface area contributed by atoms with Gasteiger partial charge in [0.1, 0.15) is 0 Å². The predicted molar refractivity (Wildman–Crippen MR) is 113 cm³/mol. The second-order valence-electron chi connectivity index (χ2n) is 10.1. The van der Waals surface area contributed by atoms with Gasteiger partial charge in [0.25, 0.3) is 0 Å². The van der Waals surface area contributed by atoms with Crippen LogP contribution in [-0.2, 0) is 5.41 Å². The fourth-order valence-electron chi connectivity index (χ4n) is 8.17. The van der Waals surface area contributed by atoms with E-state index in [1.54, 1.807) is 5.56 Å². The first-order valence-electron chi connectivity index (χ1n) is 11.1. The molecule has 4 saturated carbocycles. The number of hydrogen-bond donors (Lipinski definition) is 0. The van der Waals surface area contributed by atoms with Gasteiger partial charge in [0.15, 0.2) is 0 Å². The van der Waals surface area contributed by atoms with Crippen LogP contribution in [0.3, 0.4) is 0 Å². The fraction of sp³-hybridized carbons (Fsp3) is 0.538. The van der Waals surface area contributed by atoms with Crippen LogP contribution < -0.4 is 4.90 Å². The number of para-hydroxylation sites is 2. The summed E-state index contributed by atoms with van der Waals surface area (Å²) in [5, 5.41) is 0. The quantitative estimate of drug-likeness (QED) is 0.565. The Morgan fingerprint density at radius 3 is 2.04 bits per heavy atom. The van der Waals surface area contributed by atoms with Crippen molar-refractivity contribution in [3.8, 4) is 0 Å². The molecule has 1 spiro atoms. The van der Waals surface area contributed by atoms with Crippen LogP contribution in [0.25, 0.3) is 0 Å². The standard InChI is InChI=1S/C26H31N/c1-17-7-3-5-9-24(17)27-16-18(2)26(23-8-4-6-10-25(23)27)21-12-19-11-20(14-21)15-22(26)13-19/h3-10,18-22H,11-16H2,1-2H3/t18-,19?,20?,21?,22?,26?/m1/s1. The van der Waals surface area contributed by atoms with E-state index in [4.69, 9.17) is 0 Å². The first kappa shape index (κ1) is 16.2. The van der Waals surface area contributed by atoms with Crippen LogP contribution >= 0.6 is 0 Å². The third kappa shape index (κ3) is 2.06. The predicted octanol–water partition coefficient (Wildman–Crippen LogP) is 6.48. The Kier molecular flexibility index (Phi) is 3.38. The van der Waals surface area contributed by atoms with Crippen molar-refractivity contribution in [3.05, 3.63) is 59.7 Å². The normalized spacial score (nSPS) is 39.0. The molecular weight excluding hydrogens is 326 g/mol. The maximum absolute atomic E-state index is 2.63. The van der Waals surface area contributed by atoms with Crippen LogP contribution in [0, 0.1) is 36.5 Å². The van der Waals surface area contributed by atoms with E-state index in [0.717, 1.165) is 29.6 Å². The molecule has 1 aliphatic heterocycles. The molecule has 5 aliphatic rings. The minimum atomic E-state index is 0.434. The molecule has 0 N–H and O–H groups in total. The Labute approximate surface area is 163 Å². The highest BCUT2D eigenvalue weighted by Gasteiger charge is 2.61. The molecule has 1 nitrogen and oxygen atoms in total. The number of fused-ring (bicyclic) bond motifs is 1. The minimum Gasteiger partial charge on any atom is -0.341 e. The molecule has 0 aromatic heterocycles. The van der Waals surface area contributed by atoms with Crippen molar-refractivity contribution in [2.75, 3.05) is 11.4 Å². The van der Waals surface area contributed by atoms with Gasteiger partial charge < -0.3 is 4.90 Å². The van der Waals surface area contributed by atoms with E-state index in [1.807, 2.05) is 0 Å². The van der Waals surface area contributed by atoms with Crippen molar-refractivity contribution in [1.29, 1.82) is 0 Å². The summed E-state index contributed by atoms with van der Waals surface area (Å²) in [5.74, 6) is 4.63. The summed E-state index contributed by atoms with van der Waals surface area (Å²) in [4.78, 5) is 2.63. The molecule has 1 atom stereocenters. The molecule has 27 heavy (non-hydrogen) atoms. The van der Waals surface area contributed by atoms with E-state index in [0.29, 0.717) is 5.41 Å². The van der Waals surface area contributed by atoms with Gasteiger partial charge in [-0.25, -0.2) is 0 Å². The van der Waals surface area contributed by atoms with Crippen LogP contribution in [0.15, 0.2) is 48.5 Å². The van der Waals surface area contributed by atoms with Gasteiger partial charge in [-0.3, -0.25) is 0 Å². The minimum absolute atomic E-state index is 0.434. The zero-order chi connectivity index (χ0) is 18.2. The highest BCUT2D eigenvalue weighted by atomic mass is 15.2. The number of aryl methyl sites for hydroxylation is 1. The van der Waals surface area contributed by atoms with Gasteiger partial charge in [0.05, 0.1) is 0 Å². The average Bonchev–Trinajstić information content (AvgIpc) is 2.67. The van der Waals surface area contributed by atoms with Gasteiger partial charge in [-0.05, 0) is 91.9 Å². The molecular formula is C26H31N. The molecule has 4 aliphatic carbocycles. The van der Waals surface area contributed by atoms with Gasteiger partial charge in [-0.2, -0.15) is 0 Å². The number of hydrogen-bond acceptors (Lipinski definition) is 1. The van der Waals surface area contributed by atoms with Crippen LogP contribution in [0.4, 0.5) is 11.4 Å². The summed E-state index contributed by atoms with van der Waals surface area (Å²) in [6.45, 7) is 6.00. The van der Waals surface area contributed by atoms with Crippen molar-refractivity contribution in [3.63, 3.8) is 0 Å². The van der Waals surface area contributed by atoms with Gasteiger partial charge in [-0.1, -0.05) is 43.3 Å². The SMILES string of the molecule is Cc1ccccc1N1C[C@@H](C)C2(c3ccccc31)C1CC3CC(C1)CC2C3. The van der Waals surface area contributed by atoms with Crippen molar-refractivity contribution >= 4 is 11.4 Å². The summed E-state index contributed by atoms with van der Waals surface area (Å²) in [6, 6.07) is 18.4. The van der Waals surface area contributed by atoms with Crippen LogP contribution in [0.1, 0.15) is 50.2 Å². The Morgan fingerprint density at radius 1 is 0.778 bits per heavy atom. The summed E-state index contributed by atoms with van der Waals surface area (Å²) in [7, 11) is 0. The zero-order valence-electron chi connectivity index (χ0n) is 16.7. The molecule has 2 aromatic carbocycles. The first-order chi connectivity index (χ1) is 13.2. The van der Waals surface area contributed by atoms with E-state index in [-0.39, 0.29) is 0 Å². The molecule has 4 fully saturated rings. The number of rotatable bonds is 1. The van der Waals surface area contributed by atoms with Crippen LogP contribution in [0.5, 0.6) is 0 Å². The molecule has 0 amide bonds. The largest absolute Gasteiger partial charge is 0.341 e. The number of nitrogens with zero attached hydrogens (tertiary/aromatic N) is 1. The van der Waals surface area contributed by atoms with E-state index >= 15 is 0 Å². The Balaban J connectivity index is 1.54. The summed E-state index contributed by atoms with van der Waals surface area (Å²) < 4.78 is 0. The lowest BCUT2D eigenvalue weighted by molar-refractivity contribution is -0.0860. The molecule has 1 heteroatoms. The Bertz CT molecular complexity index is 853. The molecule has 0 unspecified atom stereocenters. The Morgan fingerprint density at radius 2 is 1.37 bits per heavy atom. The zero-order valence-corrected chi connectivity index (χ0v) is 16.7. The molecule has 0 radical (unpaired) electrons. The van der Waals surface area contributed by atoms with E-state index in [9.17, 15) is 0 Å². The second-order valence-corrected chi connectivity index (χ2v) is 10.1. The lowest BCUT2D eigenvalue weighted by Gasteiger charge is -2.66. The van der Waals surface area contributed by atoms with Crippen LogP contribution in [-0.4, -0.2) is 6.54 Å². The molecule has 2 aromatic rings. The van der Waals surface area contributed by atoms with Gasteiger partial charge in [-0.15, -0.1) is 0 Å². The van der Waals surface area contributed by atoms with E-state index in [1.165, 1.54) is 55.6 Å². The molecule has 4 bridgehead atoms. The van der Waals surface area contributed by atoms with Crippen molar-refractivity contribution in [2.45, 2.75) is 51.4 Å². The van der Waals surface area contributed by atoms with Crippen molar-refractivity contribution < 1.29 is 0 Å². The number of benzene rings is 2. The number of anilines is 2. The molecule has 140 valence electrons. The van der Waals surface area contributed by atoms with Crippen molar-refractivity contribution in [2.24, 2.45) is 29.6 Å². The monoisotopic (exact) mass is 357 g/mol. The van der Waals surface area contributed by atoms with Crippen LogP contribution in [0.2, 0.25) is 0 Å². The topological polar surface area (TPSA) is 3.24 Å². The Hall–Kier alpha value is -1.76. The smallest absolute Gasteiger partial charge is 0.0449 e. The highest BCUT2D eigenvalue weighted by Crippen LogP contribution is 2.67. The average molecular weight is 358 g/mol. The summed E-state index contributed by atoms with van der Waals surface area (Å²) in [5.41, 5.74) is 6.40. The van der Waals surface area contributed by atoms with Crippen molar-refractivity contribution in [1.82, 2.24) is 0 Å². The van der Waals surface area contributed by atoms with E-state index < -0.39 is 0 Å². The summed E-state index contributed by atoms with van der Waals surface area (Å²) in [6.07, 6.45) is 7.52. The molecule has 0 saturated heterocycles. The van der Waals surface area contributed by atoms with Gasteiger partial charge in [0.2, 0.25) is 0 Å².